The Hall–Kier alpha value is 0.430. The zero-order chi connectivity index (χ0) is 8.69. The van der Waals surface area contributed by atoms with Crippen molar-refractivity contribution >= 4 is 5.97 Å². The molecule has 1 atom stereocenters. The predicted octanol–water partition coefficient (Wildman–Crippen LogP) is -3.07. The van der Waals surface area contributed by atoms with Gasteiger partial charge >= 0.3 is 29.6 Å². The summed E-state index contributed by atoms with van der Waals surface area (Å²) >= 11 is 0. The summed E-state index contributed by atoms with van der Waals surface area (Å²) in [5.41, 5.74) is 0. The minimum Gasteiger partial charge on any atom is -0.550 e. The van der Waals surface area contributed by atoms with Crippen LogP contribution < -0.4 is 34.7 Å². The van der Waals surface area contributed by atoms with E-state index in [0.29, 0.717) is 19.3 Å². The van der Waals surface area contributed by atoms with E-state index in [4.69, 9.17) is 5.11 Å². The van der Waals surface area contributed by atoms with Gasteiger partial charge < -0.3 is 15.0 Å². The van der Waals surface area contributed by atoms with E-state index >= 15 is 0 Å². The van der Waals surface area contributed by atoms with E-state index in [1.807, 2.05) is 6.92 Å². The number of rotatable bonds is 6. The summed E-state index contributed by atoms with van der Waals surface area (Å²) < 4.78 is 0. The van der Waals surface area contributed by atoms with Crippen molar-refractivity contribution in [2.24, 2.45) is 5.92 Å². The molecular weight excluding hydrogens is 167 g/mol. The molecule has 4 heteroatoms. The fourth-order valence-corrected chi connectivity index (χ4v) is 1.07. The van der Waals surface area contributed by atoms with Crippen LogP contribution in [0.3, 0.4) is 0 Å². The third kappa shape index (κ3) is 7.10. The van der Waals surface area contributed by atoms with Gasteiger partial charge in [0.05, 0.1) is 0 Å². The van der Waals surface area contributed by atoms with Crippen LogP contribution in [0.5, 0.6) is 0 Å². The predicted molar refractivity (Wildman–Crippen MR) is 39.7 cm³/mol. The number of carbonyl (C=O) groups is 1. The van der Waals surface area contributed by atoms with Crippen molar-refractivity contribution in [3.8, 4) is 0 Å². The monoisotopic (exact) mass is 182 g/mol. The summed E-state index contributed by atoms with van der Waals surface area (Å²) in [4.78, 5) is 10.4. The van der Waals surface area contributed by atoms with Gasteiger partial charge in [0.15, 0.2) is 0 Å². The third-order valence-electron chi connectivity index (χ3n) is 1.68. The molecule has 12 heavy (non-hydrogen) atoms. The van der Waals surface area contributed by atoms with Crippen molar-refractivity contribution in [3.63, 3.8) is 0 Å². The topological polar surface area (TPSA) is 60.4 Å². The second-order valence-electron chi connectivity index (χ2n) is 2.67. The minimum atomic E-state index is -0.986. The van der Waals surface area contributed by atoms with E-state index in [0.717, 1.165) is 6.42 Å². The van der Waals surface area contributed by atoms with Gasteiger partial charge in [0.2, 0.25) is 0 Å². The second kappa shape index (κ2) is 9.52. The molecule has 0 aliphatic carbocycles. The van der Waals surface area contributed by atoms with Crippen molar-refractivity contribution in [3.05, 3.63) is 0 Å². The number of carboxylic acid groups (broad SMARTS) is 1. The van der Waals surface area contributed by atoms with Gasteiger partial charge in [-0.3, -0.25) is 0 Å². The molecule has 66 valence electrons. The number of aliphatic hydroxyl groups excluding tert-OH is 1. The number of carbonyl (C=O) groups excluding carboxylic acids is 1. The van der Waals surface area contributed by atoms with Crippen LogP contribution in [-0.2, 0) is 4.79 Å². The van der Waals surface area contributed by atoms with Crippen LogP contribution in [0.2, 0.25) is 0 Å². The number of hydrogen-bond acceptors (Lipinski definition) is 3. The van der Waals surface area contributed by atoms with Gasteiger partial charge in [-0.05, 0) is 25.2 Å². The Kier molecular flexibility index (Phi) is 11.8. The van der Waals surface area contributed by atoms with Crippen molar-refractivity contribution in [2.45, 2.75) is 32.6 Å². The molecule has 0 heterocycles. The minimum absolute atomic E-state index is 0. The van der Waals surface area contributed by atoms with Crippen LogP contribution in [0, 0.1) is 5.92 Å². The summed E-state index contributed by atoms with van der Waals surface area (Å²) in [6, 6.07) is 0. The maximum atomic E-state index is 10.4. The average molecular weight is 182 g/mol. The molecule has 0 rings (SSSR count). The first-order valence-corrected chi connectivity index (χ1v) is 4.04. The standard InChI is InChI=1S/C8H16O3.Na/c1-2-4-7(8(10)11)5-3-6-9;/h7,9H,2-6H2,1H3,(H,10,11);/q;+1/p-1. The Morgan fingerprint density at radius 2 is 2.08 bits per heavy atom. The van der Waals surface area contributed by atoms with E-state index in [1.165, 1.54) is 0 Å². The molecule has 1 N–H and O–H groups in total. The third-order valence-corrected chi connectivity index (χ3v) is 1.68. The molecule has 1 unspecified atom stereocenters. The molecular formula is C8H15NaO3. The Balaban J connectivity index is 0. The first-order chi connectivity index (χ1) is 5.22. The van der Waals surface area contributed by atoms with Gasteiger partial charge in [-0.25, -0.2) is 0 Å². The van der Waals surface area contributed by atoms with Crippen LogP contribution in [0.15, 0.2) is 0 Å². The number of carboxylic acids is 1. The van der Waals surface area contributed by atoms with Gasteiger partial charge in [-0.15, -0.1) is 0 Å². The largest absolute Gasteiger partial charge is 1.00 e. The zero-order valence-corrected chi connectivity index (χ0v) is 9.88. The molecule has 0 aromatic rings. The van der Waals surface area contributed by atoms with Crippen LogP contribution in [0.25, 0.3) is 0 Å². The Morgan fingerprint density at radius 1 is 1.50 bits per heavy atom. The second-order valence-corrected chi connectivity index (χ2v) is 2.67. The van der Waals surface area contributed by atoms with Gasteiger partial charge in [0.1, 0.15) is 0 Å². The average Bonchev–Trinajstić information content (AvgIpc) is 1.97. The first kappa shape index (κ1) is 14.9. The van der Waals surface area contributed by atoms with Crippen molar-refractivity contribution in [1.29, 1.82) is 0 Å². The smallest absolute Gasteiger partial charge is 0.550 e. The first-order valence-electron chi connectivity index (χ1n) is 4.04. The van der Waals surface area contributed by atoms with Gasteiger partial charge in [0, 0.05) is 12.6 Å². The molecule has 0 amide bonds. The zero-order valence-electron chi connectivity index (χ0n) is 7.88. The molecule has 3 nitrogen and oxygen atoms in total. The molecule has 0 aromatic heterocycles. The van der Waals surface area contributed by atoms with Crippen molar-refractivity contribution < 1.29 is 44.6 Å². The maximum Gasteiger partial charge on any atom is 1.00 e. The Labute approximate surface area is 95.5 Å². The molecule has 0 aromatic carbocycles. The van der Waals surface area contributed by atoms with E-state index in [2.05, 4.69) is 0 Å². The van der Waals surface area contributed by atoms with Gasteiger partial charge in [-0.1, -0.05) is 13.3 Å². The normalized spacial score (nSPS) is 11.8. The van der Waals surface area contributed by atoms with E-state index < -0.39 is 5.97 Å². The summed E-state index contributed by atoms with van der Waals surface area (Å²) in [6.45, 7) is 2.00. The maximum absolute atomic E-state index is 10.4. The molecule has 0 bridgehead atoms. The molecule has 0 fully saturated rings. The van der Waals surface area contributed by atoms with Crippen LogP contribution in [0.4, 0.5) is 0 Å². The van der Waals surface area contributed by atoms with E-state index in [9.17, 15) is 9.90 Å². The number of hydrogen-bond donors (Lipinski definition) is 1. The Morgan fingerprint density at radius 3 is 2.42 bits per heavy atom. The molecule has 0 radical (unpaired) electrons. The van der Waals surface area contributed by atoms with Crippen molar-refractivity contribution in [1.82, 2.24) is 0 Å². The quantitative estimate of drug-likeness (QED) is 0.443. The van der Waals surface area contributed by atoms with E-state index in [1.54, 1.807) is 0 Å². The summed E-state index contributed by atoms with van der Waals surface area (Å²) in [5.74, 6) is -1.35. The van der Waals surface area contributed by atoms with Gasteiger partial charge in [-0.2, -0.15) is 0 Å². The summed E-state index contributed by atoms with van der Waals surface area (Å²) in [7, 11) is 0. The van der Waals surface area contributed by atoms with Gasteiger partial charge in [0.25, 0.3) is 0 Å². The summed E-state index contributed by atoms with van der Waals surface area (Å²) in [5, 5.41) is 18.9. The van der Waals surface area contributed by atoms with Crippen LogP contribution in [-0.4, -0.2) is 17.7 Å². The van der Waals surface area contributed by atoms with Crippen LogP contribution in [0.1, 0.15) is 32.6 Å². The molecule has 0 aliphatic rings. The number of aliphatic carboxylic acids is 1. The van der Waals surface area contributed by atoms with Crippen molar-refractivity contribution in [2.75, 3.05) is 6.61 Å². The SMILES string of the molecule is CCCC(CCCO)C(=O)[O-].[Na+]. The Bertz CT molecular complexity index is 117. The van der Waals surface area contributed by atoms with E-state index in [-0.39, 0.29) is 42.1 Å². The fraction of sp³-hybridized carbons (Fsp3) is 0.875. The number of aliphatic hydroxyl groups is 1. The molecule has 0 saturated heterocycles. The molecule has 0 saturated carbocycles. The summed E-state index contributed by atoms with van der Waals surface area (Å²) in [6.07, 6.45) is 2.59. The fourth-order valence-electron chi connectivity index (χ4n) is 1.07. The molecule has 0 spiro atoms. The van der Waals surface area contributed by atoms with Crippen LogP contribution >= 0.6 is 0 Å². The molecule has 0 aliphatic heterocycles.